The largest absolute Gasteiger partial charge is 0.481 e. The molecule has 3 rings (SSSR count). The number of hydrogen-bond acceptors (Lipinski definition) is 3. The quantitative estimate of drug-likeness (QED) is 0.687. The van der Waals surface area contributed by atoms with E-state index in [0.29, 0.717) is 12.3 Å². The fourth-order valence-corrected chi connectivity index (χ4v) is 2.72. The molecular weight excluding hydrogens is 330 g/mol. The molecular formula is C21H19NO4. The van der Waals surface area contributed by atoms with Gasteiger partial charge in [0.25, 0.3) is 0 Å². The van der Waals surface area contributed by atoms with Crippen LogP contribution in [-0.4, -0.2) is 23.6 Å². The summed E-state index contributed by atoms with van der Waals surface area (Å²) in [6, 6.07) is 20.8. The second-order valence-electron chi connectivity index (χ2n) is 5.93. The lowest BCUT2D eigenvalue weighted by molar-refractivity contribution is -0.139. The van der Waals surface area contributed by atoms with Gasteiger partial charge in [-0.1, -0.05) is 60.7 Å². The first-order valence-corrected chi connectivity index (χ1v) is 8.29. The minimum atomic E-state index is -1.02. The Balaban J connectivity index is 1.67. The first-order valence-electron chi connectivity index (χ1n) is 8.29. The third-order valence-electron chi connectivity index (χ3n) is 3.95. The number of carbonyl (C=O) groups is 2. The Morgan fingerprint density at radius 3 is 2.50 bits per heavy atom. The normalized spacial score (nSPS) is 10.5. The van der Waals surface area contributed by atoms with Crippen LogP contribution in [0.15, 0.2) is 66.7 Å². The summed E-state index contributed by atoms with van der Waals surface area (Å²) in [4.78, 5) is 22.8. The number of nitrogens with one attached hydrogen (secondary N) is 1. The SMILES string of the molecule is O=C(O)COc1cccc2cc(CC(=O)NCc3ccccc3)ccc12. The zero-order valence-electron chi connectivity index (χ0n) is 14.1. The average Bonchev–Trinajstić information content (AvgIpc) is 2.65. The van der Waals surface area contributed by atoms with E-state index in [4.69, 9.17) is 9.84 Å². The number of carbonyl (C=O) groups excluding carboxylic acids is 1. The predicted molar refractivity (Wildman–Crippen MR) is 99.1 cm³/mol. The van der Waals surface area contributed by atoms with Crippen molar-refractivity contribution in [3.05, 3.63) is 77.9 Å². The van der Waals surface area contributed by atoms with Crippen molar-refractivity contribution in [1.29, 1.82) is 0 Å². The maximum atomic E-state index is 12.2. The van der Waals surface area contributed by atoms with Crippen LogP contribution in [0.3, 0.4) is 0 Å². The van der Waals surface area contributed by atoms with E-state index >= 15 is 0 Å². The van der Waals surface area contributed by atoms with Crippen LogP contribution >= 0.6 is 0 Å². The lowest BCUT2D eigenvalue weighted by atomic mass is 10.0. The maximum Gasteiger partial charge on any atom is 0.341 e. The summed E-state index contributed by atoms with van der Waals surface area (Å²) in [6.45, 7) is 0.114. The lowest BCUT2D eigenvalue weighted by Crippen LogP contribution is -2.24. The van der Waals surface area contributed by atoms with E-state index < -0.39 is 5.97 Å². The number of amides is 1. The van der Waals surface area contributed by atoms with Crippen LogP contribution in [0.5, 0.6) is 5.75 Å². The second-order valence-corrected chi connectivity index (χ2v) is 5.93. The molecule has 0 unspecified atom stereocenters. The maximum absolute atomic E-state index is 12.2. The Kier molecular flexibility index (Phi) is 5.49. The zero-order chi connectivity index (χ0) is 18.4. The monoisotopic (exact) mass is 349 g/mol. The Hall–Kier alpha value is -3.34. The molecule has 0 saturated heterocycles. The van der Waals surface area contributed by atoms with E-state index in [1.165, 1.54) is 0 Å². The summed E-state index contributed by atoms with van der Waals surface area (Å²) in [7, 11) is 0. The second kappa shape index (κ2) is 8.16. The van der Waals surface area contributed by atoms with E-state index in [9.17, 15) is 9.59 Å². The van der Waals surface area contributed by atoms with E-state index in [0.717, 1.165) is 21.9 Å². The van der Waals surface area contributed by atoms with Gasteiger partial charge in [0.1, 0.15) is 5.75 Å². The highest BCUT2D eigenvalue weighted by Crippen LogP contribution is 2.26. The molecule has 0 saturated carbocycles. The fraction of sp³-hybridized carbons (Fsp3) is 0.143. The van der Waals surface area contributed by atoms with Gasteiger partial charge in [-0.15, -0.1) is 0 Å². The first kappa shape index (κ1) is 17.5. The highest BCUT2D eigenvalue weighted by atomic mass is 16.5. The van der Waals surface area contributed by atoms with Gasteiger partial charge >= 0.3 is 5.97 Å². The smallest absolute Gasteiger partial charge is 0.341 e. The molecule has 3 aromatic rings. The van der Waals surface area contributed by atoms with Gasteiger partial charge in [0.2, 0.25) is 5.91 Å². The average molecular weight is 349 g/mol. The molecule has 0 atom stereocenters. The molecule has 132 valence electrons. The van der Waals surface area contributed by atoms with Gasteiger partial charge in [-0.25, -0.2) is 4.79 Å². The molecule has 1 amide bonds. The molecule has 0 aliphatic rings. The van der Waals surface area contributed by atoms with Crippen LogP contribution in [0.4, 0.5) is 0 Å². The lowest BCUT2D eigenvalue weighted by Gasteiger charge is -2.09. The fourth-order valence-electron chi connectivity index (χ4n) is 2.72. The molecule has 26 heavy (non-hydrogen) atoms. The van der Waals surface area contributed by atoms with Crippen molar-refractivity contribution in [1.82, 2.24) is 5.32 Å². The van der Waals surface area contributed by atoms with Gasteiger partial charge in [0.15, 0.2) is 6.61 Å². The van der Waals surface area contributed by atoms with E-state index in [1.807, 2.05) is 54.6 Å². The summed E-state index contributed by atoms with van der Waals surface area (Å²) < 4.78 is 5.31. The van der Waals surface area contributed by atoms with E-state index in [-0.39, 0.29) is 18.9 Å². The Bertz CT molecular complexity index is 922. The number of benzene rings is 3. The molecule has 0 fully saturated rings. The number of ether oxygens (including phenoxy) is 1. The molecule has 0 bridgehead atoms. The van der Waals surface area contributed by atoms with Crippen molar-refractivity contribution in [3.8, 4) is 5.75 Å². The molecule has 5 heteroatoms. The predicted octanol–water partition coefficient (Wildman–Crippen LogP) is 3.16. The minimum Gasteiger partial charge on any atom is -0.481 e. The van der Waals surface area contributed by atoms with Crippen LogP contribution in [0, 0.1) is 0 Å². The number of carboxylic acids is 1. The Morgan fingerprint density at radius 2 is 1.73 bits per heavy atom. The number of carboxylic acid groups (broad SMARTS) is 1. The van der Waals surface area contributed by atoms with Crippen molar-refractivity contribution < 1.29 is 19.4 Å². The van der Waals surface area contributed by atoms with Crippen LogP contribution in [0.2, 0.25) is 0 Å². The standard InChI is InChI=1S/C21H19NO4/c23-20(22-13-15-5-2-1-3-6-15)12-16-9-10-18-17(11-16)7-4-8-19(18)26-14-21(24)25/h1-11H,12-14H2,(H,22,23)(H,24,25). The van der Waals surface area contributed by atoms with Crippen molar-refractivity contribution in [3.63, 3.8) is 0 Å². The third kappa shape index (κ3) is 4.60. The molecule has 0 aromatic heterocycles. The third-order valence-corrected chi connectivity index (χ3v) is 3.95. The van der Waals surface area contributed by atoms with Crippen LogP contribution in [0.25, 0.3) is 10.8 Å². The molecule has 0 aliphatic heterocycles. The van der Waals surface area contributed by atoms with Gasteiger partial charge in [0.05, 0.1) is 6.42 Å². The van der Waals surface area contributed by atoms with Crippen molar-refractivity contribution in [2.24, 2.45) is 0 Å². The molecule has 5 nitrogen and oxygen atoms in total. The van der Waals surface area contributed by atoms with Crippen molar-refractivity contribution in [2.45, 2.75) is 13.0 Å². The van der Waals surface area contributed by atoms with E-state index in [2.05, 4.69) is 5.32 Å². The van der Waals surface area contributed by atoms with Crippen LogP contribution in [0.1, 0.15) is 11.1 Å². The zero-order valence-corrected chi connectivity index (χ0v) is 14.1. The molecule has 0 heterocycles. The molecule has 3 aromatic carbocycles. The number of rotatable bonds is 7. The topological polar surface area (TPSA) is 75.6 Å². The number of fused-ring (bicyclic) bond motifs is 1. The summed E-state index contributed by atoms with van der Waals surface area (Å²) in [5, 5.41) is 13.4. The summed E-state index contributed by atoms with van der Waals surface area (Å²) in [5.41, 5.74) is 1.94. The minimum absolute atomic E-state index is 0.0496. The number of hydrogen-bond donors (Lipinski definition) is 2. The molecule has 0 aliphatic carbocycles. The van der Waals surface area contributed by atoms with Gasteiger partial charge in [-0.05, 0) is 22.6 Å². The number of aliphatic carboxylic acids is 1. The van der Waals surface area contributed by atoms with Crippen molar-refractivity contribution in [2.75, 3.05) is 6.61 Å². The highest BCUT2D eigenvalue weighted by molar-refractivity contribution is 5.90. The molecule has 0 radical (unpaired) electrons. The molecule has 2 N–H and O–H groups in total. The van der Waals surface area contributed by atoms with Gasteiger partial charge in [-0.3, -0.25) is 4.79 Å². The Morgan fingerprint density at radius 1 is 0.923 bits per heavy atom. The van der Waals surface area contributed by atoms with Gasteiger partial charge < -0.3 is 15.2 Å². The molecule has 0 spiro atoms. The van der Waals surface area contributed by atoms with Gasteiger partial charge in [-0.2, -0.15) is 0 Å². The first-order chi connectivity index (χ1) is 12.6. The van der Waals surface area contributed by atoms with Crippen molar-refractivity contribution >= 4 is 22.6 Å². The highest BCUT2D eigenvalue weighted by Gasteiger charge is 2.08. The summed E-state index contributed by atoms with van der Waals surface area (Å²) in [5.74, 6) is -0.551. The summed E-state index contributed by atoms with van der Waals surface area (Å²) in [6.07, 6.45) is 0.281. The van der Waals surface area contributed by atoms with Gasteiger partial charge in [0, 0.05) is 11.9 Å². The summed E-state index contributed by atoms with van der Waals surface area (Å²) >= 11 is 0. The van der Waals surface area contributed by atoms with Crippen LogP contribution in [-0.2, 0) is 22.6 Å². The Labute approximate surface area is 151 Å². The van der Waals surface area contributed by atoms with Crippen LogP contribution < -0.4 is 10.1 Å². The van der Waals surface area contributed by atoms with E-state index in [1.54, 1.807) is 12.1 Å².